The summed E-state index contributed by atoms with van der Waals surface area (Å²) in [5.74, 6) is -0.603. The molecule has 2 N–H and O–H groups in total. The molecule has 2 aromatic carbocycles. The summed E-state index contributed by atoms with van der Waals surface area (Å²) in [6.07, 6.45) is 0.511. The molecule has 0 radical (unpaired) electrons. The van der Waals surface area contributed by atoms with Gasteiger partial charge in [0.2, 0.25) is 11.8 Å². The van der Waals surface area contributed by atoms with Crippen LogP contribution in [-0.2, 0) is 16.0 Å². The number of rotatable bonds is 6. The normalized spacial score (nSPS) is 10.2. The maximum Gasteiger partial charge on any atom is 0.233 e. The zero-order valence-corrected chi connectivity index (χ0v) is 13.7. The van der Waals surface area contributed by atoms with E-state index in [-0.39, 0.29) is 18.2 Å². The van der Waals surface area contributed by atoms with Crippen molar-refractivity contribution in [3.63, 3.8) is 0 Å². The molecule has 0 aromatic heterocycles. The Morgan fingerprint density at radius 1 is 1.00 bits per heavy atom. The molecule has 4 nitrogen and oxygen atoms in total. The highest BCUT2D eigenvalue weighted by molar-refractivity contribution is 6.30. The van der Waals surface area contributed by atoms with Crippen molar-refractivity contribution in [2.45, 2.75) is 19.8 Å². The Bertz CT molecular complexity index is 684. The Hall–Kier alpha value is -2.33. The smallest absolute Gasteiger partial charge is 0.233 e. The predicted octanol–water partition coefficient (Wildman–Crippen LogP) is 3.34. The molecule has 2 aromatic rings. The van der Waals surface area contributed by atoms with E-state index >= 15 is 0 Å². The third-order valence-corrected chi connectivity index (χ3v) is 3.64. The van der Waals surface area contributed by atoms with Gasteiger partial charge in [0, 0.05) is 17.3 Å². The number of carbonyl (C=O) groups is 2. The van der Waals surface area contributed by atoms with E-state index in [2.05, 4.69) is 10.6 Å². The molecule has 0 aliphatic rings. The Kier molecular flexibility index (Phi) is 6.18. The molecule has 0 bridgehead atoms. The SMILES string of the molecule is Cc1ccccc1NC(=O)CC(=O)NCCc1ccc(Cl)cc1. The van der Waals surface area contributed by atoms with Crippen LogP contribution in [-0.4, -0.2) is 18.4 Å². The van der Waals surface area contributed by atoms with Gasteiger partial charge in [-0.2, -0.15) is 0 Å². The molecule has 0 aliphatic carbocycles. The highest BCUT2D eigenvalue weighted by Crippen LogP contribution is 2.13. The number of hydrogen-bond acceptors (Lipinski definition) is 2. The zero-order chi connectivity index (χ0) is 16.7. The third-order valence-electron chi connectivity index (χ3n) is 3.39. The zero-order valence-electron chi connectivity index (χ0n) is 12.9. The van der Waals surface area contributed by atoms with Gasteiger partial charge in [-0.1, -0.05) is 41.9 Å². The standard InChI is InChI=1S/C18H19ClN2O2/c1-13-4-2-3-5-16(13)21-18(23)12-17(22)20-11-10-14-6-8-15(19)9-7-14/h2-9H,10-12H2,1H3,(H,20,22)(H,21,23). The van der Waals surface area contributed by atoms with Crippen molar-refractivity contribution in [1.29, 1.82) is 0 Å². The average Bonchev–Trinajstić information content (AvgIpc) is 2.51. The number of nitrogens with one attached hydrogen (secondary N) is 2. The van der Waals surface area contributed by atoms with Gasteiger partial charge in [-0.25, -0.2) is 0 Å². The van der Waals surface area contributed by atoms with Crippen LogP contribution in [0.3, 0.4) is 0 Å². The van der Waals surface area contributed by atoms with Crippen molar-refractivity contribution >= 4 is 29.1 Å². The summed E-state index contributed by atoms with van der Waals surface area (Å²) in [7, 11) is 0. The minimum absolute atomic E-state index is 0.186. The molecule has 0 heterocycles. The molecule has 2 amide bonds. The molecular weight excluding hydrogens is 312 g/mol. The fourth-order valence-electron chi connectivity index (χ4n) is 2.11. The number of para-hydroxylation sites is 1. The third kappa shape index (κ3) is 5.75. The largest absolute Gasteiger partial charge is 0.355 e. The van der Waals surface area contributed by atoms with E-state index in [9.17, 15) is 9.59 Å². The van der Waals surface area contributed by atoms with Crippen LogP contribution in [0.25, 0.3) is 0 Å². The molecule has 5 heteroatoms. The van der Waals surface area contributed by atoms with E-state index in [0.29, 0.717) is 18.0 Å². The van der Waals surface area contributed by atoms with Gasteiger partial charge in [-0.15, -0.1) is 0 Å². The summed E-state index contributed by atoms with van der Waals surface area (Å²) in [4.78, 5) is 23.6. The minimum Gasteiger partial charge on any atom is -0.355 e. The van der Waals surface area contributed by atoms with Crippen LogP contribution in [0.4, 0.5) is 5.69 Å². The molecule has 0 atom stereocenters. The summed E-state index contributed by atoms with van der Waals surface area (Å²) in [6, 6.07) is 14.9. The molecule has 2 rings (SSSR count). The number of hydrogen-bond donors (Lipinski definition) is 2. The first-order valence-corrected chi connectivity index (χ1v) is 7.79. The van der Waals surface area contributed by atoms with E-state index in [1.54, 1.807) is 0 Å². The second kappa shape index (κ2) is 8.34. The number of anilines is 1. The van der Waals surface area contributed by atoms with Crippen LogP contribution in [0.1, 0.15) is 17.5 Å². The van der Waals surface area contributed by atoms with Crippen LogP contribution in [0.2, 0.25) is 5.02 Å². The van der Waals surface area contributed by atoms with Gasteiger partial charge in [-0.3, -0.25) is 9.59 Å². The van der Waals surface area contributed by atoms with Gasteiger partial charge in [0.05, 0.1) is 0 Å². The minimum atomic E-state index is -0.316. The predicted molar refractivity (Wildman–Crippen MR) is 92.6 cm³/mol. The van der Waals surface area contributed by atoms with E-state index in [1.165, 1.54) is 0 Å². The van der Waals surface area contributed by atoms with Crippen molar-refractivity contribution in [3.8, 4) is 0 Å². The summed E-state index contributed by atoms with van der Waals surface area (Å²) >= 11 is 5.82. The monoisotopic (exact) mass is 330 g/mol. The highest BCUT2D eigenvalue weighted by atomic mass is 35.5. The van der Waals surface area contributed by atoms with Crippen LogP contribution in [0, 0.1) is 6.92 Å². The van der Waals surface area contributed by atoms with E-state index in [4.69, 9.17) is 11.6 Å². The Balaban J connectivity index is 1.73. The first kappa shape index (κ1) is 17.0. The summed E-state index contributed by atoms with van der Waals surface area (Å²) in [6.45, 7) is 2.39. The summed E-state index contributed by atoms with van der Waals surface area (Å²) in [5, 5.41) is 6.17. The van der Waals surface area contributed by atoms with E-state index < -0.39 is 0 Å². The van der Waals surface area contributed by atoms with Gasteiger partial charge in [-0.05, 0) is 42.7 Å². The second-order valence-corrected chi connectivity index (χ2v) is 5.70. The lowest BCUT2D eigenvalue weighted by molar-refractivity contribution is -0.126. The van der Waals surface area contributed by atoms with Gasteiger partial charge in [0.1, 0.15) is 6.42 Å². The van der Waals surface area contributed by atoms with E-state index in [1.807, 2.05) is 55.5 Å². The highest BCUT2D eigenvalue weighted by Gasteiger charge is 2.10. The number of amides is 2. The Morgan fingerprint density at radius 2 is 1.70 bits per heavy atom. The summed E-state index contributed by atoms with van der Waals surface area (Å²) in [5.41, 5.74) is 2.77. The van der Waals surface area contributed by atoms with Gasteiger partial charge >= 0.3 is 0 Å². The fraction of sp³-hybridized carbons (Fsp3) is 0.222. The topological polar surface area (TPSA) is 58.2 Å². The molecular formula is C18H19ClN2O2. The molecule has 0 aliphatic heterocycles. The fourth-order valence-corrected chi connectivity index (χ4v) is 2.24. The molecule has 0 fully saturated rings. The lowest BCUT2D eigenvalue weighted by Crippen LogP contribution is -2.29. The van der Waals surface area contributed by atoms with Crippen molar-refractivity contribution in [2.24, 2.45) is 0 Å². The van der Waals surface area contributed by atoms with Crippen LogP contribution in [0.5, 0.6) is 0 Å². The number of aryl methyl sites for hydroxylation is 1. The van der Waals surface area contributed by atoms with E-state index in [0.717, 1.165) is 16.8 Å². The van der Waals surface area contributed by atoms with Crippen molar-refractivity contribution in [2.75, 3.05) is 11.9 Å². The molecule has 0 spiro atoms. The van der Waals surface area contributed by atoms with Crippen molar-refractivity contribution in [3.05, 3.63) is 64.7 Å². The summed E-state index contributed by atoms with van der Waals surface area (Å²) < 4.78 is 0. The van der Waals surface area contributed by atoms with Gasteiger partial charge in [0.25, 0.3) is 0 Å². The van der Waals surface area contributed by atoms with Crippen LogP contribution < -0.4 is 10.6 Å². The lowest BCUT2D eigenvalue weighted by atomic mass is 10.1. The molecule has 23 heavy (non-hydrogen) atoms. The number of benzene rings is 2. The lowest BCUT2D eigenvalue weighted by Gasteiger charge is -2.08. The van der Waals surface area contributed by atoms with Crippen LogP contribution >= 0.6 is 11.6 Å². The second-order valence-electron chi connectivity index (χ2n) is 5.27. The van der Waals surface area contributed by atoms with Gasteiger partial charge < -0.3 is 10.6 Å². The Labute approximate surface area is 140 Å². The Morgan fingerprint density at radius 3 is 2.39 bits per heavy atom. The first-order valence-electron chi connectivity index (χ1n) is 7.41. The quantitative estimate of drug-likeness (QED) is 0.798. The number of halogens is 1. The molecule has 0 saturated carbocycles. The average molecular weight is 331 g/mol. The van der Waals surface area contributed by atoms with Crippen molar-refractivity contribution < 1.29 is 9.59 Å². The molecule has 0 saturated heterocycles. The molecule has 120 valence electrons. The molecule has 0 unspecified atom stereocenters. The van der Waals surface area contributed by atoms with Gasteiger partial charge in [0.15, 0.2) is 0 Å². The maximum absolute atomic E-state index is 11.9. The number of carbonyl (C=O) groups excluding carboxylic acids is 2. The van der Waals surface area contributed by atoms with Crippen molar-refractivity contribution in [1.82, 2.24) is 5.32 Å². The first-order chi connectivity index (χ1) is 11.0. The van der Waals surface area contributed by atoms with Crippen LogP contribution in [0.15, 0.2) is 48.5 Å². The maximum atomic E-state index is 11.9.